The zero-order valence-electron chi connectivity index (χ0n) is 15.9. The first-order valence-corrected chi connectivity index (χ1v) is 10.4. The standard InChI is InChI=1S/C22H23ClN2OS/c1-14-7-8-17-19(13-14)27-21(20(17)23)22(26)25-11-9-24(10-12-25)18-6-4-5-15(2)16(18)3/h4-8,13H,9-12H2,1-3H3. The van der Waals surface area contributed by atoms with Crippen LogP contribution in [-0.2, 0) is 0 Å². The molecule has 1 amide bonds. The predicted octanol–water partition coefficient (Wildman–Crippen LogP) is 5.44. The molecule has 1 aliphatic heterocycles. The molecule has 4 rings (SSSR count). The number of amides is 1. The fraction of sp³-hybridized carbons (Fsp3) is 0.318. The Morgan fingerprint density at radius 2 is 1.78 bits per heavy atom. The Balaban J connectivity index is 1.52. The molecule has 27 heavy (non-hydrogen) atoms. The zero-order valence-corrected chi connectivity index (χ0v) is 17.5. The van der Waals surface area contributed by atoms with E-state index in [1.54, 1.807) is 0 Å². The topological polar surface area (TPSA) is 23.6 Å². The number of halogens is 1. The van der Waals surface area contributed by atoms with Gasteiger partial charge < -0.3 is 9.80 Å². The lowest BCUT2D eigenvalue weighted by Gasteiger charge is -2.37. The molecule has 0 radical (unpaired) electrons. The van der Waals surface area contributed by atoms with E-state index in [-0.39, 0.29) is 5.91 Å². The van der Waals surface area contributed by atoms with Gasteiger partial charge in [0.15, 0.2) is 0 Å². The number of nitrogens with zero attached hydrogens (tertiary/aromatic N) is 2. The summed E-state index contributed by atoms with van der Waals surface area (Å²) in [4.78, 5) is 18.0. The quantitative estimate of drug-likeness (QED) is 0.573. The van der Waals surface area contributed by atoms with Crippen molar-refractivity contribution in [3.63, 3.8) is 0 Å². The van der Waals surface area contributed by atoms with Crippen LogP contribution in [0.3, 0.4) is 0 Å². The van der Waals surface area contributed by atoms with Crippen molar-refractivity contribution in [2.45, 2.75) is 20.8 Å². The average molecular weight is 399 g/mol. The Morgan fingerprint density at radius 1 is 1.04 bits per heavy atom. The fourth-order valence-electron chi connectivity index (χ4n) is 3.68. The van der Waals surface area contributed by atoms with Crippen molar-refractivity contribution >= 4 is 44.6 Å². The highest BCUT2D eigenvalue weighted by Gasteiger charge is 2.26. The molecule has 0 atom stereocenters. The summed E-state index contributed by atoms with van der Waals surface area (Å²) in [6, 6.07) is 12.6. The van der Waals surface area contributed by atoms with Crippen LogP contribution in [0.1, 0.15) is 26.4 Å². The van der Waals surface area contributed by atoms with Gasteiger partial charge in [-0.05, 0) is 49.6 Å². The molecule has 3 nitrogen and oxygen atoms in total. The smallest absolute Gasteiger partial charge is 0.265 e. The lowest BCUT2D eigenvalue weighted by Crippen LogP contribution is -2.48. The minimum Gasteiger partial charge on any atom is -0.368 e. The molecule has 0 spiro atoms. The molecule has 1 fully saturated rings. The molecule has 2 heterocycles. The molecule has 0 saturated carbocycles. The molecule has 0 unspecified atom stereocenters. The lowest BCUT2D eigenvalue weighted by molar-refractivity contribution is 0.0752. The predicted molar refractivity (Wildman–Crippen MR) is 116 cm³/mol. The highest BCUT2D eigenvalue weighted by molar-refractivity contribution is 7.21. The third-order valence-electron chi connectivity index (χ3n) is 5.46. The summed E-state index contributed by atoms with van der Waals surface area (Å²) in [7, 11) is 0. The molecule has 5 heteroatoms. The highest BCUT2D eigenvalue weighted by atomic mass is 35.5. The summed E-state index contributed by atoms with van der Waals surface area (Å²) in [5.74, 6) is 0.0551. The van der Waals surface area contributed by atoms with Crippen LogP contribution in [-0.4, -0.2) is 37.0 Å². The van der Waals surface area contributed by atoms with Crippen LogP contribution >= 0.6 is 22.9 Å². The van der Waals surface area contributed by atoms with Crippen LogP contribution in [0.2, 0.25) is 5.02 Å². The summed E-state index contributed by atoms with van der Waals surface area (Å²) in [6.07, 6.45) is 0. The van der Waals surface area contributed by atoms with E-state index in [2.05, 4.69) is 49.9 Å². The van der Waals surface area contributed by atoms with Gasteiger partial charge >= 0.3 is 0 Å². The normalized spacial score (nSPS) is 14.8. The van der Waals surface area contributed by atoms with Gasteiger partial charge in [0.25, 0.3) is 5.91 Å². The Hall–Kier alpha value is -2.04. The molecule has 2 aromatic carbocycles. The van der Waals surface area contributed by atoms with Crippen LogP contribution in [0.25, 0.3) is 10.1 Å². The molecular formula is C22H23ClN2OS. The first-order valence-electron chi connectivity index (χ1n) is 9.25. The number of fused-ring (bicyclic) bond motifs is 1. The first-order chi connectivity index (χ1) is 13.0. The van der Waals surface area contributed by atoms with Gasteiger partial charge in [-0.2, -0.15) is 0 Å². The molecule has 1 saturated heterocycles. The van der Waals surface area contributed by atoms with Crippen LogP contribution in [0.15, 0.2) is 36.4 Å². The van der Waals surface area contributed by atoms with Crippen molar-refractivity contribution < 1.29 is 4.79 Å². The summed E-state index contributed by atoms with van der Waals surface area (Å²) in [5.41, 5.74) is 5.08. The van der Waals surface area contributed by atoms with Crippen molar-refractivity contribution in [1.29, 1.82) is 0 Å². The molecule has 1 aliphatic rings. The maximum absolute atomic E-state index is 13.1. The van der Waals surface area contributed by atoms with Crippen LogP contribution in [0.5, 0.6) is 0 Å². The number of hydrogen-bond donors (Lipinski definition) is 0. The monoisotopic (exact) mass is 398 g/mol. The Labute approximate surface area is 169 Å². The second-order valence-electron chi connectivity index (χ2n) is 7.24. The van der Waals surface area contributed by atoms with E-state index in [4.69, 9.17) is 11.6 Å². The van der Waals surface area contributed by atoms with Gasteiger partial charge in [-0.1, -0.05) is 35.9 Å². The van der Waals surface area contributed by atoms with Crippen molar-refractivity contribution in [3.05, 3.63) is 63.0 Å². The highest BCUT2D eigenvalue weighted by Crippen LogP contribution is 2.37. The molecule has 0 bridgehead atoms. The second kappa shape index (κ2) is 7.17. The molecule has 140 valence electrons. The van der Waals surface area contributed by atoms with Gasteiger partial charge in [0.2, 0.25) is 0 Å². The van der Waals surface area contributed by atoms with Gasteiger partial charge in [0, 0.05) is 42.0 Å². The van der Waals surface area contributed by atoms with Crippen molar-refractivity contribution in [3.8, 4) is 0 Å². The molecule has 0 N–H and O–H groups in total. The van der Waals surface area contributed by atoms with Crippen LogP contribution in [0.4, 0.5) is 5.69 Å². The lowest BCUT2D eigenvalue weighted by atomic mass is 10.1. The van der Waals surface area contributed by atoms with Crippen molar-refractivity contribution in [2.75, 3.05) is 31.1 Å². The third kappa shape index (κ3) is 3.32. The SMILES string of the molecule is Cc1ccc2c(Cl)c(C(=O)N3CCN(c4cccc(C)c4C)CC3)sc2c1. The van der Waals surface area contributed by atoms with Crippen LogP contribution < -0.4 is 4.90 Å². The molecule has 3 aromatic rings. The maximum atomic E-state index is 13.1. The summed E-state index contributed by atoms with van der Waals surface area (Å²) in [5, 5.41) is 1.57. The number of aryl methyl sites for hydroxylation is 2. The van der Waals surface area contributed by atoms with Gasteiger partial charge in [-0.15, -0.1) is 11.3 Å². The third-order valence-corrected chi connectivity index (χ3v) is 7.11. The summed E-state index contributed by atoms with van der Waals surface area (Å²) >= 11 is 8.04. The Kier molecular flexibility index (Phi) is 4.87. The number of carbonyl (C=O) groups is 1. The minimum absolute atomic E-state index is 0.0551. The number of thiophene rings is 1. The van der Waals surface area contributed by atoms with Gasteiger partial charge in [-0.25, -0.2) is 0 Å². The first kappa shape index (κ1) is 18.3. The van der Waals surface area contributed by atoms with Gasteiger partial charge in [0.05, 0.1) is 5.02 Å². The van der Waals surface area contributed by atoms with Crippen molar-refractivity contribution in [1.82, 2.24) is 4.90 Å². The van der Waals surface area contributed by atoms with E-state index in [1.807, 2.05) is 17.0 Å². The molecule has 1 aromatic heterocycles. The number of carbonyl (C=O) groups excluding carboxylic acids is 1. The van der Waals surface area contributed by atoms with E-state index in [1.165, 1.54) is 33.7 Å². The van der Waals surface area contributed by atoms with E-state index >= 15 is 0 Å². The number of hydrogen-bond acceptors (Lipinski definition) is 3. The van der Waals surface area contributed by atoms with Gasteiger partial charge in [-0.3, -0.25) is 4.79 Å². The average Bonchev–Trinajstić information content (AvgIpc) is 2.99. The Morgan fingerprint density at radius 3 is 2.52 bits per heavy atom. The summed E-state index contributed by atoms with van der Waals surface area (Å²) < 4.78 is 1.08. The molecular weight excluding hydrogens is 376 g/mol. The fourth-order valence-corrected chi connectivity index (χ4v) is 5.26. The van der Waals surface area contributed by atoms with Crippen molar-refractivity contribution in [2.24, 2.45) is 0 Å². The molecule has 0 aliphatic carbocycles. The number of anilines is 1. The number of rotatable bonds is 2. The zero-order chi connectivity index (χ0) is 19.1. The van der Waals surface area contributed by atoms with E-state index < -0.39 is 0 Å². The maximum Gasteiger partial charge on any atom is 0.265 e. The van der Waals surface area contributed by atoms with E-state index in [9.17, 15) is 4.79 Å². The van der Waals surface area contributed by atoms with E-state index in [0.717, 1.165) is 36.3 Å². The Bertz CT molecular complexity index is 1020. The van der Waals surface area contributed by atoms with Gasteiger partial charge in [0.1, 0.15) is 4.88 Å². The van der Waals surface area contributed by atoms with E-state index in [0.29, 0.717) is 9.90 Å². The number of benzene rings is 2. The van der Waals surface area contributed by atoms with Crippen LogP contribution in [0, 0.1) is 20.8 Å². The number of piperazine rings is 1. The summed E-state index contributed by atoms with van der Waals surface area (Å²) in [6.45, 7) is 9.49. The largest absolute Gasteiger partial charge is 0.368 e. The second-order valence-corrected chi connectivity index (χ2v) is 8.67. The minimum atomic E-state index is 0.0551.